The van der Waals surface area contributed by atoms with E-state index in [0.717, 1.165) is 0 Å². The summed E-state index contributed by atoms with van der Waals surface area (Å²) in [4.78, 5) is 3.90. The van der Waals surface area contributed by atoms with Gasteiger partial charge in [-0.1, -0.05) is 58.2 Å². The molecule has 0 N–H and O–H groups in total. The summed E-state index contributed by atoms with van der Waals surface area (Å²) in [6.45, 7) is 0.147. The Labute approximate surface area is 112 Å². The zero-order valence-electron chi connectivity index (χ0n) is 8.44. The minimum absolute atomic E-state index is 0.0749. The Morgan fingerprint density at radius 2 is 1.88 bits per heavy atom. The second-order valence-corrected chi connectivity index (χ2v) is 5.40. The molecule has 0 aliphatic carbocycles. The molecule has 90 valence electrons. The molecule has 1 aromatic heterocycles. The van der Waals surface area contributed by atoms with Crippen LogP contribution in [0.4, 0.5) is 0 Å². The van der Waals surface area contributed by atoms with Crippen LogP contribution >= 0.6 is 34.8 Å². The molecule has 0 fully saturated rings. The molecule has 0 radical (unpaired) electrons. The molecule has 0 spiro atoms. The Hall–Kier alpha value is -0.970. The number of rotatable bonds is 3. The van der Waals surface area contributed by atoms with E-state index in [0.29, 0.717) is 11.6 Å². The molecule has 1 heterocycles. The first-order valence-corrected chi connectivity index (χ1v) is 5.77. The summed E-state index contributed by atoms with van der Waals surface area (Å²) in [5, 5.41) is 3.63. The van der Waals surface area contributed by atoms with E-state index >= 15 is 0 Å². The molecule has 4 nitrogen and oxygen atoms in total. The quantitative estimate of drug-likeness (QED) is 0.813. The second kappa shape index (κ2) is 5.12. The predicted molar refractivity (Wildman–Crippen MR) is 64.3 cm³/mol. The SMILES string of the molecule is ClC(Cl)(Cl)c1nc(COc2ccccc2)no1. The van der Waals surface area contributed by atoms with Crippen molar-refractivity contribution in [3.8, 4) is 5.75 Å². The summed E-state index contributed by atoms with van der Waals surface area (Å²) in [6.07, 6.45) is 0. The molecule has 17 heavy (non-hydrogen) atoms. The Bertz CT molecular complexity index is 482. The van der Waals surface area contributed by atoms with E-state index < -0.39 is 3.79 Å². The standard InChI is InChI=1S/C10H7Cl3N2O2/c11-10(12,13)9-14-8(15-17-9)6-16-7-4-2-1-3-5-7/h1-5H,6H2. The van der Waals surface area contributed by atoms with Gasteiger partial charge in [0.05, 0.1) is 0 Å². The number of para-hydroxylation sites is 1. The van der Waals surface area contributed by atoms with Crippen molar-refractivity contribution in [2.24, 2.45) is 0 Å². The first-order valence-electron chi connectivity index (χ1n) is 4.63. The summed E-state index contributed by atoms with van der Waals surface area (Å²) < 4.78 is 8.47. The monoisotopic (exact) mass is 292 g/mol. The van der Waals surface area contributed by atoms with Gasteiger partial charge in [0.15, 0.2) is 6.61 Å². The zero-order valence-corrected chi connectivity index (χ0v) is 10.7. The fourth-order valence-corrected chi connectivity index (χ4v) is 1.32. The molecule has 0 aliphatic heterocycles. The van der Waals surface area contributed by atoms with Gasteiger partial charge in [-0.25, -0.2) is 0 Å². The summed E-state index contributed by atoms with van der Waals surface area (Å²) in [6, 6.07) is 9.24. The normalized spacial score (nSPS) is 11.5. The van der Waals surface area contributed by atoms with E-state index in [1.165, 1.54) is 0 Å². The molecule has 0 unspecified atom stereocenters. The van der Waals surface area contributed by atoms with Crippen LogP contribution in [0.25, 0.3) is 0 Å². The van der Waals surface area contributed by atoms with Gasteiger partial charge in [0.1, 0.15) is 5.75 Å². The number of ether oxygens (including phenoxy) is 1. The van der Waals surface area contributed by atoms with E-state index in [9.17, 15) is 0 Å². The maximum atomic E-state index is 5.58. The van der Waals surface area contributed by atoms with Crippen molar-refractivity contribution in [2.45, 2.75) is 10.4 Å². The minimum Gasteiger partial charge on any atom is -0.485 e. The predicted octanol–water partition coefficient (Wildman–Crippen LogP) is 3.48. The van der Waals surface area contributed by atoms with E-state index in [4.69, 9.17) is 44.1 Å². The van der Waals surface area contributed by atoms with E-state index in [1.807, 2.05) is 30.3 Å². The lowest BCUT2D eigenvalue weighted by Crippen LogP contribution is -2.02. The van der Waals surface area contributed by atoms with Crippen LogP contribution in [-0.2, 0) is 10.4 Å². The molecule has 0 aliphatic rings. The lowest BCUT2D eigenvalue weighted by molar-refractivity contribution is 0.285. The Morgan fingerprint density at radius 1 is 1.18 bits per heavy atom. The van der Waals surface area contributed by atoms with Gasteiger partial charge >= 0.3 is 0 Å². The minimum atomic E-state index is -1.71. The van der Waals surface area contributed by atoms with Crippen molar-refractivity contribution < 1.29 is 9.26 Å². The van der Waals surface area contributed by atoms with Crippen molar-refractivity contribution >= 4 is 34.8 Å². The van der Waals surface area contributed by atoms with Crippen LogP contribution in [0.3, 0.4) is 0 Å². The van der Waals surface area contributed by atoms with Crippen molar-refractivity contribution in [1.29, 1.82) is 0 Å². The van der Waals surface area contributed by atoms with Crippen LogP contribution in [0.1, 0.15) is 11.7 Å². The van der Waals surface area contributed by atoms with Gasteiger partial charge in [-0.05, 0) is 12.1 Å². The molecular weight excluding hydrogens is 286 g/mol. The topological polar surface area (TPSA) is 48.2 Å². The number of halogens is 3. The number of hydrogen-bond acceptors (Lipinski definition) is 4. The van der Waals surface area contributed by atoms with Gasteiger partial charge in [0.25, 0.3) is 9.68 Å². The molecule has 0 amide bonds. The van der Waals surface area contributed by atoms with Gasteiger partial charge in [-0.2, -0.15) is 4.98 Å². The van der Waals surface area contributed by atoms with Gasteiger partial charge < -0.3 is 9.26 Å². The van der Waals surface area contributed by atoms with Crippen LogP contribution in [0.15, 0.2) is 34.9 Å². The summed E-state index contributed by atoms with van der Waals surface area (Å²) in [5.74, 6) is 0.942. The van der Waals surface area contributed by atoms with Crippen molar-refractivity contribution in [3.05, 3.63) is 42.0 Å². The smallest absolute Gasteiger partial charge is 0.278 e. The van der Waals surface area contributed by atoms with Gasteiger partial charge in [-0.3, -0.25) is 0 Å². The highest BCUT2D eigenvalue weighted by atomic mass is 35.6. The van der Waals surface area contributed by atoms with Gasteiger partial charge in [0.2, 0.25) is 5.82 Å². The summed E-state index contributed by atoms with van der Waals surface area (Å²) >= 11 is 16.7. The van der Waals surface area contributed by atoms with Crippen LogP contribution < -0.4 is 4.74 Å². The van der Waals surface area contributed by atoms with E-state index in [1.54, 1.807) is 0 Å². The lowest BCUT2D eigenvalue weighted by Gasteiger charge is -2.02. The van der Waals surface area contributed by atoms with Crippen LogP contribution in [0, 0.1) is 0 Å². The molecular formula is C10H7Cl3N2O2. The first kappa shape index (κ1) is 12.5. The highest BCUT2D eigenvalue weighted by Gasteiger charge is 2.30. The van der Waals surface area contributed by atoms with Crippen molar-refractivity contribution in [1.82, 2.24) is 10.1 Å². The first-order chi connectivity index (χ1) is 8.05. The maximum absolute atomic E-state index is 5.58. The highest BCUT2D eigenvalue weighted by molar-refractivity contribution is 6.66. The molecule has 0 bridgehead atoms. The number of alkyl halides is 3. The number of nitrogens with zero attached hydrogens (tertiary/aromatic N) is 2. The van der Waals surface area contributed by atoms with Gasteiger partial charge in [-0.15, -0.1) is 0 Å². The lowest BCUT2D eigenvalue weighted by atomic mass is 10.3. The van der Waals surface area contributed by atoms with E-state index in [-0.39, 0.29) is 12.5 Å². The molecule has 0 saturated carbocycles. The zero-order chi connectivity index (χ0) is 12.3. The number of benzene rings is 1. The summed E-state index contributed by atoms with van der Waals surface area (Å²) in [7, 11) is 0. The fourth-order valence-electron chi connectivity index (χ4n) is 1.09. The van der Waals surface area contributed by atoms with Gasteiger partial charge in [0, 0.05) is 0 Å². The molecule has 0 atom stereocenters. The Balaban J connectivity index is 1.99. The Kier molecular flexibility index (Phi) is 3.76. The van der Waals surface area contributed by atoms with Crippen molar-refractivity contribution in [2.75, 3.05) is 0 Å². The van der Waals surface area contributed by atoms with E-state index in [2.05, 4.69) is 10.1 Å². The third kappa shape index (κ3) is 3.49. The third-order valence-electron chi connectivity index (χ3n) is 1.82. The average Bonchev–Trinajstić information content (AvgIpc) is 2.76. The molecule has 2 aromatic rings. The van der Waals surface area contributed by atoms with Crippen LogP contribution in [-0.4, -0.2) is 10.1 Å². The third-order valence-corrected chi connectivity index (χ3v) is 2.31. The molecule has 2 rings (SSSR count). The molecule has 1 aromatic carbocycles. The average molecular weight is 294 g/mol. The highest BCUT2D eigenvalue weighted by Crippen LogP contribution is 2.36. The molecule has 7 heteroatoms. The fraction of sp³-hybridized carbons (Fsp3) is 0.200. The Morgan fingerprint density at radius 3 is 2.47 bits per heavy atom. The number of hydrogen-bond donors (Lipinski definition) is 0. The summed E-state index contributed by atoms with van der Waals surface area (Å²) in [5.41, 5.74) is 0. The largest absolute Gasteiger partial charge is 0.485 e. The maximum Gasteiger partial charge on any atom is 0.278 e. The number of aromatic nitrogens is 2. The van der Waals surface area contributed by atoms with Crippen LogP contribution in [0.2, 0.25) is 0 Å². The van der Waals surface area contributed by atoms with Crippen LogP contribution in [0.5, 0.6) is 5.75 Å². The second-order valence-electron chi connectivity index (χ2n) is 3.12. The molecule has 0 saturated heterocycles. The van der Waals surface area contributed by atoms with Crippen molar-refractivity contribution in [3.63, 3.8) is 0 Å².